The second-order valence-electron chi connectivity index (χ2n) is 16.6. The highest BCUT2D eigenvalue weighted by molar-refractivity contribution is 7.46. The second kappa shape index (κ2) is 34.0. The Morgan fingerprint density at radius 2 is 1.23 bits per heavy atom. The monoisotopic (exact) mass is 890 g/mol. The zero-order valence-electron chi connectivity index (χ0n) is 37.0. The van der Waals surface area contributed by atoms with Crippen LogP contribution in [0.2, 0.25) is 0 Å². The average Bonchev–Trinajstić information content (AvgIpc) is 3.51. The van der Waals surface area contributed by atoms with Crippen molar-refractivity contribution in [2.24, 2.45) is 0 Å². The molecule has 61 heavy (non-hydrogen) atoms. The quantitative estimate of drug-likeness (QED) is 0.0210. The molecule has 2 rings (SSSR count). The number of hydrogen-bond acceptors (Lipinski definition) is 13. The summed E-state index contributed by atoms with van der Waals surface area (Å²) in [5.74, 6) is -0.300. The number of unbranched alkanes of at least 4 members (excludes halogenated alkanes) is 24. The minimum Gasteiger partial charge on any atom is -0.462 e. The normalized spacial score (nSPS) is 18.3. The molecular formula is C44H80N3O13P. The van der Waals surface area contributed by atoms with Gasteiger partial charge in [-0.2, -0.15) is 4.98 Å². The highest BCUT2D eigenvalue weighted by Crippen LogP contribution is 2.38. The summed E-state index contributed by atoms with van der Waals surface area (Å²) in [5, 5.41) is 33.2. The number of phosphoric acid groups is 1. The van der Waals surface area contributed by atoms with Crippen LogP contribution in [0.5, 0.6) is 0 Å². The summed E-state index contributed by atoms with van der Waals surface area (Å²) in [4.78, 5) is 58.7. The summed E-state index contributed by atoms with van der Waals surface area (Å²) in [7, 11) is -4.80. The Labute approximate surface area is 364 Å². The average molecular weight is 890 g/mol. The molecule has 0 radical (unpaired) electrons. The molecule has 1 aromatic rings. The van der Waals surface area contributed by atoms with E-state index in [4.69, 9.17) is 24.0 Å². The Morgan fingerprint density at radius 1 is 0.754 bits per heavy atom. The van der Waals surface area contributed by atoms with Crippen molar-refractivity contribution in [2.75, 3.05) is 31.7 Å². The molecule has 16 nitrogen and oxygen atoms in total. The van der Waals surface area contributed by atoms with Gasteiger partial charge in [0.05, 0.1) is 13.2 Å². The maximum absolute atomic E-state index is 12.6. The van der Waals surface area contributed by atoms with Crippen LogP contribution in [0.3, 0.4) is 0 Å². The largest absolute Gasteiger partial charge is 0.469 e. The SMILES string of the molecule is CCCCCCCCCCCCCCCC(=O)OCC(CO)OC(=O)CCCCCCCCCCCCCCCNc1ccn([C@H]2O[C@H](COP(=O)(O)O)[C@@H](O)[C@@H]2O)c(=O)n1. The molecule has 0 bridgehead atoms. The van der Waals surface area contributed by atoms with E-state index in [-0.39, 0.29) is 25.2 Å². The first-order valence-electron chi connectivity index (χ1n) is 23.5. The van der Waals surface area contributed by atoms with Crippen LogP contribution in [0.15, 0.2) is 17.1 Å². The number of carbonyl (C=O) groups excluding carboxylic acids is 2. The number of rotatable bonds is 39. The molecule has 0 saturated carbocycles. The third kappa shape index (κ3) is 26.7. The van der Waals surface area contributed by atoms with E-state index in [0.717, 1.165) is 68.8 Å². The van der Waals surface area contributed by atoms with Gasteiger partial charge < -0.3 is 44.6 Å². The Kier molecular flexibility index (Phi) is 30.5. The molecule has 0 aromatic carbocycles. The van der Waals surface area contributed by atoms with E-state index in [2.05, 4.69) is 21.7 Å². The van der Waals surface area contributed by atoms with Gasteiger partial charge in [-0.15, -0.1) is 0 Å². The van der Waals surface area contributed by atoms with Crippen molar-refractivity contribution in [1.82, 2.24) is 9.55 Å². The number of aromatic nitrogens is 2. The first-order chi connectivity index (χ1) is 29.4. The fraction of sp³-hybridized carbons (Fsp3) is 0.864. The van der Waals surface area contributed by atoms with E-state index in [1.54, 1.807) is 6.07 Å². The molecule has 1 aromatic heterocycles. The van der Waals surface area contributed by atoms with E-state index in [0.29, 0.717) is 25.2 Å². The lowest BCUT2D eigenvalue weighted by atomic mass is 10.0. The van der Waals surface area contributed by atoms with Crippen molar-refractivity contribution < 1.29 is 58.0 Å². The number of phosphoric ester groups is 1. The summed E-state index contributed by atoms with van der Waals surface area (Å²) in [5.41, 5.74) is -0.712. The van der Waals surface area contributed by atoms with Gasteiger partial charge in [0.15, 0.2) is 12.3 Å². The molecule has 0 spiro atoms. The van der Waals surface area contributed by atoms with E-state index >= 15 is 0 Å². The number of carbonyl (C=O) groups is 2. The summed E-state index contributed by atoms with van der Waals surface area (Å²) in [6, 6.07) is 1.55. The van der Waals surface area contributed by atoms with Crippen LogP contribution in [-0.2, 0) is 32.9 Å². The number of aliphatic hydroxyl groups excluding tert-OH is 3. The number of nitrogens with one attached hydrogen (secondary N) is 1. The molecule has 1 aliphatic heterocycles. The summed E-state index contributed by atoms with van der Waals surface area (Å²) in [6.07, 6.45) is 25.9. The molecule has 5 atom stereocenters. The smallest absolute Gasteiger partial charge is 0.462 e. The second-order valence-corrected chi connectivity index (χ2v) is 17.8. The van der Waals surface area contributed by atoms with Crippen LogP contribution in [0.1, 0.15) is 193 Å². The van der Waals surface area contributed by atoms with Gasteiger partial charge in [-0.05, 0) is 25.3 Å². The maximum Gasteiger partial charge on any atom is 0.469 e. The van der Waals surface area contributed by atoms with Gasteiger partial charge in [0.1, 0.15) is 30.7 Å². The van der Waals surface area contributed by atoms with Crippen molar-refractivity contribution >= 4 is 25.6 Å². The zero-order valence-corrected chi connectivity index (χ0v) is 37.9. The standard InChI is InChI=1S/C44H80N3O13P/c1-2-3-4-5-6-7-8-10-13-16-19-22-25-28-39(49)57-34-36(33-48)59-40(50)29-26-23-20-17-14-11-9-12-15-18-21-24-27-31-45-38-30-32-47(44(53)46-38)43-42(52)41(51)37(60-43)35-58-61(54,55)56/h30,32,36-37,41-43,48,51-52H,2-29,31,33-35H2,1H3,(H,45,46,53)(H2,54,55,56)/t36?,37-,41-,42+,43+/m1/s1. The molecular weight excluding hydrogens is 809 g/mol. The highest BCUT2D eigenvalue weighted by Gasteiger charge is 2.45. The number of nitrogens with zero attached hydrogens (tertiary/aromatic N) is 2. The summed E-state index contributed by atoms with van der Waals surface area (Å²) < 4.78 is 32.4. The third-order valence-electron chi connectivity index (χ3n) is 11.1. The van der Waals surface area contributed by atoms with E-state index in [9.17, 15) is 34.3 Å². The lowest BCUT2D eigenvalue weighted by molar-refractivity contribution is -0.161. The fourth-order valence-electron chi connectivity index (χ4n) is 7.44. The van der Waals surface area contributed by atoms with E-state index in [1.807, 2.05) is 0 Å². The Morgan fingerprint density at radius 3 is 1.70 bits per heavy atom. The Balaban J connectivity index is 1.37. The highest BCUT2D eigenvalue weighted by atomic mass is 31.2. The maximum atomic E-state index is 12.6. The predicted octanol–water partition coefficient (Wildman–Crippen LogP) is 7.77. The molecule has 1 saturated heterocycles. The van der Waals surface area contributed by atoms with Gasteiger partial charge in [-0.1, -0.05) is 155 Å². The molecule has 17 heteroatoms. The molecule has 0 aliphatic carbocycles. The lowest BCUT2D eigenvalue weighted by Gasteiger charge is -2.17. The minimum absolute atomic E-state index is 0.105. The predicted molar refractivity (Wildman–Crippen MR) is 234 cm³/mol. The molecule has 6 N–H and O–H groups in total. The van der Waals surface area contributed by atoms with Crippen molar-refractivity contribution in [3.05, 3.63) is 22.7 Å². The van der Waals surface area contributed by atoms with Crippen molar-refractivity contribution in [3.8, 4) is 0 Å². The van der Waals surface area contributed by atoms with Gasteiger partial charge in [0.2, 0.25) is 0 Å². The van der Waals surface area contributed by atoms with Gasteiger partial charge in [-0.3, -0.25) is 18.7 Å². The number of hydrogen-bond donors (Lipinski definition) is 6. The van der Waals surface area contributed by atoms with Crippen LogP contribution < -0.4 is 11.0 Å². The summed E-state index contributed by atoms with van der Waals surface area (Å²) in [6.45, 7) is 1.75. The van der Waals surface area contributed by atoms with Gasteiger partial charge >= 0.3 is 25.5 Å². The minimum atomic E-state index is -4.80. The molecule has 1 unspecified atom stereocenters. The lowest BCUT2D eigenvalue weighted by Crippen LogP contribution is -2.36. The number of aliphatic hydroxyl groups is 3. The Bertz CT molecular complexity index is 1400. The molecule has 1 aliphatic rings. The molecule has 354 valence electrons. The first-order valence-corrected chi connectivity index (χ1v) is 25.0. The first kappa shape index (κ1) is 54.7. The van der Waals surface area contributed by atoms with Crippen molar-refractivity contribution in [1.29, 1.82) is 0 Å². The van der Waals surface area contributed by atoms with Gasteiger partial charge in [0.25, 0.3) is 0 Å². The number of ether oxygens (including phenoxy) is 3. The van der Waals surface area contributed by atoms with Gasteiger partial charge in [-0.25, -0.2) is 9.36 Å². The van der Waals surface area contributed by atoms with Crippen LogP contribution in [0.4, 0.5) is 5.82 Å². The van der Waals surface area contributed by atoms with Crippen LogP contribution in [0, 0.1) is 0 Å². The molecule has 2 heterocycles. The molecule has 0 amide bonds. The fourth-order valence-corrected chi connectivity index (χ4v) is 7.78. The van der Waals surface area contributed by atoms with Gasteiger partial charge in [0, 0.05) is 25.6 Å². The third-order valence-corrected chi connectivity index (χ3v) is 11.6. The molecule has 1 fully saturated rings. The number of anilines is 1. The Hall–Kier alpha value is -2.43. The van der Waals surface area contributed by atoms with Crippen LogP contribution >= 0.6 is 7.82 Å². The van der Waals surface area contributed by atoms with Crippen LogP contribution in [0.25, 0.3) is 0 Å². The zero-order chi connectivity index (χ0) is 44.6. The van der Waals surface area contributed by atoms with E-state index in [1.165, 1.54) is 109 Å². The summed E-state index contributed by atoms with van der Waals surface area (Å²) >= 11 is 0. The van der Waals surface area contributed by atoms with Crippen LogP contribution in [-0.4, -0.2) is 97.4 Å². The van der Waals surface area contributed by atoms with Crippen molar-refractivity contribution in [3.63, 3.8) is 0 Å². The van der Waals surface area contributed by atoms with Crippen molar-refractivity contribution in [2.45, 2.75) is 217 Å². The van der Waals surface area contributed by atoms with E-state index < -0.39 is 50.8 Å². The topological polar surface area (TPSA) is 236 Å². The number of esters is 2.